The molecule has 0 bridgehead atoms. The summed E-state index contributed by atoms with van der Waals surface area (Å²) >= 11 is 6.03. The van der Waals surface area contributed by atoms with Crippen LogP contribution in [-0.4, -0.2) is 33.4 Å². The van der Waals surface area contributed by atoms with Crippen LogP contribution in [0.1, 0.15) is 19.8 Å². The maximum atomic E-state index is 12.4. The highest BCUT2D eigenvalue weighted by atomic mass is 35.5. The first kappa shape index (κ1) is 14.3. The van der Waals surface area contributed by atoms with Crippen molar-refractivity contribution in [3.8, 4) is 0 Å². The van der Waals surface area contributed by atoms with Crippen molar-refractivity contribution in [1.29, 1.82) is 0 Å². The van der Waals surface area contributed by atoms with Crippen LogP contribution in [0.15, 0.2) is 23.1 Å². The minimum Gasteiger partial charge on any atom is -0.399 e. The standard InChI is InChI=1S/C13H17ClN2O2S/c1-9(13(17)16-6-2-3-7-16)19(18)12-8-10(15)4-5-11(12)14/h4-5,8-9H,2-3,6-7,15H2,1H3. The lowest BCUT2D eigenvalue weighted by atomic mass is 10.3. The number of nitrogens with zero attached hydrogens (tertiary/aromatic N) is 1. The number of likely N-dealkylation sites (tertiary alicyclic amines) is 1. The summed E-state index contributed by atoms with van der Waals surface area (Å²) < 4.78 is 12.4. The van der Waals surface area contributed by atoms with Gasteiger partial charge >= 0.3 is 0 Å². The summed E-state index contributed by atoms with van der Waals surface area (Å²) in [7, 11) is -1.48. The van der Waals surface area contributed by atoms with Gasteiger partial charge in [0.05, 0.1) is 20.7 Å². The minimum absolute atomic E-state index is 0.0747. The molecule has 0 aliphatic carbocycles. The average molecular weight is 301 g/mol. The van der Waals surface area contributed by atoms with E-state index in [1.54, 1.807) is 30.0 Å². The quantitative estimate of drug-likeness (QED) is 0.869. The molecular formula is C13H17ClN2O2S. The van der Waals surface area contributed by atoms with Gasteiger partial charge in [0.2, 0.25) is 5.91 Å². The fourth-order valence-electron chi connectivity index (χ4n) is 2.15. The second-order valence-corrected chi connectivity index (χ2v) is 6.81. The van der Waals surface area contributed by atoms with Crippen LogP contribution in [0.2, 0.25) is 5.02 Å². The Morgan fingerprint density at radius 3 is 2.68 bits per heavy atom. The molecule has 0 aromatic heterocycles. The Kier molecular flexibility index (Phi) is 4.47. The van der Waals surface area contributed by atoms with Crippen molar-refractivity contribution in [2.75, 3.05) is 18.8 Å². The molecule has 19 heavy (non-hydrogen) atoms. The molecule has 2 N–H and O–H groups in total. The lowest BCUT2D eigenvalue weighted by Crippen LogP contribution is -2.37. The predicted molar refractivity (Wildman–Crippen MR) is 77.5 cm³/mol. The molecular weight excluding hydrogens is 284 g/mol. The fraction of sp³-hybridized carbons (Fsp3) is 0.462. The van der Waals surface area contributed by atoms with Gasteiger partial charge in [-0.25, -0.2) is 0 Å². The zero-order valence-electron chi connectivity index (χ0n) is 10.8. The SMILES string of the molecule is CC(C(=O)N1CCCC1)S(=O)c1cc(N)ccc1Cl. The van der Waals surface area contributed by atoms with Crippen LogP contribution < -0.4 is 5.73 Å². The number of carbonyl (C=O) groups is 1. The lowest BCUT2D eigenvalue weighted by Gasteiger charge is -2.20. The molecule has 0 spiro atoms. The van der Waals surface area contributed by atoms with Gasteiger partial charge in [-0.3, -0.25) is 9.00 Å². The van der Waals surface area contributed by atoms with Crippen LogP contribution in [-0.2, 0) is 15.6 Å². The maximum absolute atomic E-state index is 12.4. The van der Waals surface area contributed by atoms with Gasteiger partial charge in [0.1, 0.15) is 5.25 Å². The van der Waals surface area contributed by atoms with E-state index in [2.05, 4.69) is 0 Å². The number of hydrogen-bond donors (Lipinski definition) is 1. The Morgan fingerprint density at radius 2 is 2.05 bits per heavy atom. The van der Waals surface area contributed by atoms with E-state index in [-0.39, 0.29) is 5.91 Å². The number of benzene rings is 1. The van der Waals surface area contributed by atoms with E-state index in [0.717, 1.165) is 25.9 Å². The summed E-state index contributed by atoms with van der Waals surface area (Å²) in [6.45, 7) is 3.19. The molecule has 1 aliphatic heterocycles. The molecule has 0 radical (unpaired) electrons. The molecule has 1 aromatic rings. The largest absolute Gasteiger partial charge is 0.399 e. The monoisotopic (exact) mass is 300 g/mol. The Labute approximate surface area is 120 Å². The highest BCUT2D eigenvalue weighted by Crippen LogP contribution is 2.25. The summed E-state index contributed by atoms with van der Waals surface area (Å²) in [6.07, 6.45) is 2.04. The Morgan fingerprint density at radius 1 is 1.42 bits per heavy atom. The number of rotatable bonds is 3. The van der Waals surface area contributed by atoms with Crippen LogP contribution >= 0.6 is 11.6 Å². The Hall–Kier alpha value is -1.07. The van der Waals surface area contributed by atoms with Crippen molar-refractivity contribution >= 4 is 34.0 Å². The molecule has 1 amide bonds. The van der Waals surface area contributed by atoms with E-state index in [9.17, 15) is 9.00 Å². The summed E-state index contributed by atoms with van der Waals surface area (Å²) in [5.74, 6) is -0.0747. The first-order chi connectivity index (χ1) is 9.00. The number of amides is 1. The van der Waals surface area contributed by atoms with Crippen molar-refractivity contribution < 1.29 is 9.00 Å². The van der Waals surface area contributed by atoms with Gasteiger partial charge in [0, 0.05) is 18.8 Å². The van der Waals surface area contributed by atoms with E-state index in [4.69, 9.17) is 17.3 Å². The Balaban J connectivity index is 2.18. The van der Waals surface area contributed by atoms with Gasteiger partial charge in [-0.2, -0.15) is 0 Å². The van der Waals surface area contributed by atoms with E-state index in [1.165, 1.54) is 0 Å². The first-order valence-corrected chi connectivity index (χ1v) is 7.84. The summed E-state index contributed by atoms with van der Waals surface area (Å²) in [5, 5.41) is -0.217. The predicted octanol–water partition coefficient (Wildman–Crippen LogP) is 2.04. The third-order valence-corrected chi connectivity index (χ3v) is 5.32. The van der Waals surface area contributed by atoms with Crippen molar-refractivity contribution in [3.05, 3.63) is 23.2 Å². The molecule has 104 valence electrons. The van der Waals surface area contributed by atoms with Crippen LogP contribution in [0.4, 0.5) is 5.69 Å². The molecule has 4 nitrogen and oxygen atoms in total. The fourth-order valence-corrected chi connectivity index (χ4v) is 3.72. The molecule has 1 heterocycles. The molecule has 2 unspecified atom stereocenters. The second-order valence-electron chi connectivity index (χ2n) is 4.66. The Bertz CT molecular complexity index is 515. The van der Waals surface area contributed by atoms with Crippen molar-refractivity contribution in [3.63, 3.8) is 0 Å². The first-order valence-electron chi connectivity index (χ1n) is 6.25. The van der Waals surface area contributed by atoms with E-state index in [0.29, 0.717) is 15.6 Å². The highest BCUT2D eigenvalue weighted by molar-refractivity contribution is 7.86. The molecule has 2 rings (SSSR count). The molecule has 0 saturated carbocycles. The van der Waals surface area contributed by atoms with Crippen molar-refractivity contribution in [2.24, 2.45) is 0 Å². The topological polar surface area (TPSA) is 63.4 Å². The number of hydrogen-bond acceptors (Lipinski definition) is 3. The molecule has 1 aliphatic rings. The van der Waals surface area contributed by atoms with Gasteiger partial charge in [0.25, 0.3) is 0 Å². The molecule has 6 heteroatoms. The minimum atomic E-state index is -1.48. The van der Waals surface area contributed by atoms with Gasteiger partial charge in [-0.15, -0.1) is 0 Å². The average Bonchev–Trinajstić information content (AvgIpc) is 2.93. The van der Waals surface area contributed by atoms with Gasteiger partial charge in [0.15, 0.2) is 0 Å². The van der Waals surface area contributed by atoms with Gasteiger partial charge in [-0.1, -0.05) is 11.6 Å². The number of carbonyl (C=O) groups excluding carboxylic acids is 1. The molecule has 1 aromatic carbocycles. The van der Waals surface area contributed by atoms with Crippen molar-refractivity contribution in [1.82, 2.24) is 4.90 Å². The van der Waals surface area contributed by atoms with Crippen LogP contribution in [0.3, 0.4) is 0 Å². The van der Waals surface area contributed by atoms with Crippen LogP contribution in [0, 0.1) is 0 Å². The number of nitrogens with two attached hydrogens (primary N) is 1. The molecule has 1 saturated heterocycles. The number of anilines is 1. The molecule has 1 fully saturated rings. The van der Waals surface area contributed by atoms with Crippen molar-refractivity contribution in [2.45, 2.75) is 29.9 Å². The summed E-state index contributed by atoms with van der Waals surface area (Å²) in [4.78, 5) is 14.4. The molecule has 2 atom stereocenters. The highest BCUT2D eigenvalue weighted by Gasteiger charge is 2.29. The smallest absolute Gasteiger partial charge is 0.238 e. The normalized spacial score (nSPS) is 18.3. The van der Waals surface area contributed by atoms with Gasteiger partial charge in [-0.05, 0) is 38.0 Å². The maximum Gasteiger partial charge on any atom is 0.238 e. The van der Waals surface area contributed by atoms with E-state index < -0.39 is 16.0 Å². The third-order valence-electron chi connectivity index (χ3n) is 3.26. The number of nitrogen functional groups attached to an aromatic ring is 1. The lowest BCUT2D eigenvalue weighted by molar-refractivity contribution is -0.129. The number of halogens is 1. The third kappa shape index (κ3) is 3.09. The summed E-state index contributed by atoms with van der Waals surface area (Å²) in [6, 6.07) is 4.83. The van der Waals surface area contributed by atoms with Gasteiger partial charge < -0.3 is 10.6 Å². The zero-order valence-corrected chi connectivity index (χ0v) is 12.3. The zero-order chi connectivity index (χ0) is 14.0. The van der Waals surface area contributed by atoms with Crippen LogP contribution in [0.5, 0.6) is 0 Å². The second kappa shape index (κ2) is 5.92. The van der Waals surface area contributed by atoms with E-state index >= 15 is 0 Å². The van der Waals surface area contributed by atoms with Crippen LogP contribution in [0.25, 0.3) is 0 Å². The summed E-state index contributed by atoms with van der Waals surface area (Å²) in [5.41, 5.74) is 6.17. The van der Waals surface area contributed by atoms with E-state index in [1.807, 2.05) is 0 Å².